The van der Waals surface area contributed by atoms with E-state index in [9.17, 15) is 4.79 Å². The number of piperidine rings is 1. The van der Waals surface area contributed by atoms with Crippen molar-refractivity contribution in [2.75, 3.05) is 39.0 Å². The fraction of sp³-hybridized carbons (Fsp3) is 0.588. The number of methoxy groups -OCH3 is 1. The zero-order valence-corrected chi connectivity index (χ0v) is 15.5. The maximum atomic E-state index is 12.3. The highest BCUT2D eigenvalue weighted by molar-refractivity contribution is 8.00. The van der Waals surface area contributed by atoms with Gasteiger partial charge < -0.3 is 15.0 Å². The summed E-state index contributed by atoms with van der Waals surface area (Å²) in [6.45, 7) is 6.03. The van der Waals surface area contributed by atoms with Crippen LogP contribution in [0, 0.1) is 5.92 Å². The highest BCUT2D eigenvalue weighted by atomic mass is 35.5. The number of hydrogen-bond donors (Lipinski definition) is 1. The minimum Gasteiger partial charge on any atom is -0.497 e. The summed E-state index contributed by atoms with van der Waals surface area (Å²) in [5, 5.41) is 3.40. The van der Waals surface area contributed by atoms with Crippen molar-refractivity contribution in [3.8, 4) is 5.75 Å². The number of carbonyl (C=O) groups excluding carboxylic acids is 1. The zero-order valence-electron chi connectivity index (χ0n) is 13.9. The van der Waals surface area contributed by atoms with Crippen molar-refractivity contribution in [2.24, 2.45) is 5.92 Å². The van der Waals surface area contributed by atoms with Crippen LogP contribution in [0.5, 0.6) is 5.75 Å². The summed E-state index contributed by atoms with van der Waals surface area (Å²) in [4.78, 5) is 15.4. The molecule has 130 valence electrons. The van der Waals surface area contributed by atoms with Gasteiger partial charge in [-0.3, -0.25) is 4.79 Å². The van der Waals surface area contributed by atoms with Crippen molar-refractivity contribution in [1.29, 1.82) is 0 Å². The largest absolute Gasteiger partial charge is 0.497 e. The number of thioether (sulfide) groups is 1. The molecule has 0 spiro atoms. The van der Waals surface area contributed by atoms with E-state index in [-0.39, 0.29) is 18.3 Å². The first kappa shape index (κ1) is 20.1. The molecule has 0 atom stereocenters. The number of ether oxygens (including phenoxy) is 1. The van der Waals surface area contributed by atoms with Gasteiger partial charge in [0.2, 0.25) is 5.91 Å². The maximum Gasteiger partial charge on any atom is 0.232 e. The van der Waals surface area contributed by atoms with Gasteiger partial charge in [-0.05, 0) is 50.0 Å². The van der Waals surface area contributed by atoms with Gasteiger partial charge in [-0.15, -0.1) is 24.2 Å². The third-order valence-electron chi connectivity index (χ3n) is 4.05. The average molecular weight is 359 g/mol. The second kappa shape index (κ2) is 10.8. The molecule has 0 unspecified atom stereocenters. The lowest BCUT2D eigenvalue weighted by Crippen LogP contribution is -2.41. The number of rotatable bonds is 7. The Kier molecular flexibility index (Phi) is 9.44. The fourth-order valence-corrected chi connectivity index (χ4v) is 3.51. The van der Waals surface area contributed by atoms with Crippen LogP contribution in [-0.2, 0) is 4.79 Å². The molecule has 1 aromatic carbocycles. The van der Waals surface area contributed by atoms with Gasteiger partial charge in [-0.1, -0.05) is 13.0 Å². The van der Waals surface area contributed by atoms with Crippen LogP contribution >= 0.6 is 24.2 Å². The molecule has 1 fully saturated rings. The van der Waals surface area contributed by atoms with E-state index in [2.05, 4.69) is 12.2 Å². The molecule has 2 rings (SSSR count). The van der Waals surface area contributed by atoms with E-state index in [1.165, 1.54) is 0 Å². The van der Waals surface area contributed by atoms with Gasteiger partial charge in [0, 0.05) is 18.0 Å². The van der Waals surface area contributed by atoms with Crippen LogP contribution in [0.25, 0.3) is 0 Å². The second-order valence-corrected chi connectivity index (χ2v) is 6.65. The van der Waals surface area contributed by atoms with Crippen LogP contribution < -0.4 is 10.1 Å². The van der Waals surface area contributed by atoms with E-state index < -0.39 is 0 Å². The van der Waals surface area contributed by atoms with E-state index in [4.69, 9.17) is 4.74 Å². The van der Waals surface area contributed by atoms with Gasteiger partial charge in [0.15, 0.2) is 0 Å². The van der Waals surface area contributed by atoms with E-state index in [1.807, 2.05) is 29.2 Å². The van der Waals surface area contributed by atoms with Crippen LogP contribution in [0.3, 0.4) is 0 Å². The van der Waals surface area contributed by atoms with Crippen LogP contribution in [0.4, 0.5) is 0 Å². The number of likely N-dealkylation sites (tertiary alicyclic amines) is 1. The molecule has 1 aliphatic rings. The lowest BCUT2D eigenvalue weighted by molar-refractivity contribution is -0.129. The fourth-order valence-electron chi connectivity index (χ4n) is 2.66. The van der Waals surface area contributed by atoms with E-state index in [0.29, 0.717) is 5.75 Å². The van der Waals surface area contributed by atoms with Crippen LogP contribution in [-0.4, -0.2) is 49.8 Å². The van der Waals surface area contributed by atoms with Crippen molar-refractivity contribution in [2.45, 2.75) is 24.7 Å². The molecule has 1 heterocycles. The number of carbonyl (C=O) groups is 1. The molecule has 1 aromatic rings. The number of amides is 1. The molecule has 1 saturated heterocycles. The zero-order chi connectivity index (χ0) is 15.8. The molecular weight excluding hydrogens is 332 g/mol. The summed E-state index contributed by atoms with van der Waals surface area (Å²) in [5.74, 6) is 2.30. The number of benzene rings is 1. The first-order chi connectivity index (χ1) is 10.7. The number of hydrogen-bond acceptors (Lipinski definition) is 4. The molecule has 23 heavy (non-hydrogen) atoms. The number of nitrogens with zero attached hydrogens (tertiary/aromatic N) is 1. The van der Waals surface area contributed by atoms with Gasteiger partial charge in [0.05, 0.1) is 12.9 Å². The summed E-state index contributed by atoms with van der Waals surface area (Å²) < 4.78 is 5.21. The third kappa shape index (κ3) is 6.61. The predicted octanol–water partition coefficient (Wildman–Crippen LogP) is 3.06. The average Bonchev–Trinajstić information content (AvgIpc) is 2.58. The summed E-state index contributed by atoms with van der Waals surface area (Å²) in [7, 11) is 1.66. The van der Waals surface area contributed by atoms with Crippen molar-refractivity contribution in [3.05, 3.63) is 24.3 Å². The lowest BCUT2D eigenvalue weighted by Gasteiger charge is -2.32. The van der Waals surface area contributed by atoms with Gasteiger partial charge >= 0.3 is 0 Å². The topological polar surface area (TPSA) is 41.6 Å². The molecule has 1 N–H and O–H groups in total. The molecule has 4 nitrogen and oxygen atoms in total. The summed E-state index contributed by atoms with van der Waals surface area (Å²) in [5.41, 5.74) is 0. The van der Waals surface area contributed by atoms with E-state index >= 15 is 0 Å². The Morgan fingerprint density at radius 3 is 2.78 bits per heavy atom. The summed E-state index contributed by atoms with van der Waals surface area (Å²) in [6, 6.07) is 7.86. The molecule has 0 aromatic heterocycles. The molecule has 0 aliphatic carbocycles. The lowest BCUT2D eigenvalue weighted by atomic mass is 9.97. The third-order valence-corrected chi connectivity index (χ3v) is 5.03. The molecule has 6 heteroatoms. The Labute approximate surface area is 149 Å². The molecule has 0 saturated carbocycles. The summed E-state index contributed by atoms with van der Waals surface area (Å²) >= 11 is 1.58. The van der Waals surface area contributed by atoms with Crippen molar-refractivity contribution >= 4 is 30.1 Å². The van der Waals surface area contributed by atoms with Crippen LogP contribution in [0.2, 0.25) is 0 Å². The number of halogens is 1. The van der Waals surface area contributed by atoms with E-state index in [0.717, 1.165) is 55.6 Å². The van der Waals surface area contributed by atoms with Gasteiger partial charge in [0.1, 0.15) is 5.75 Å². The molecular formula is C17H27ClN2O2S. The molecule has 1 amide bonds. The second-order valence-electron chi connectivity index (χ2n) is 5.60. The minimum atomic E-state index is 0. The Bertz CT molecular complexity index is 479. The van der Waals surface area contributed by atoms with Crippen molar-refractivity contribution in [1.82, 2.24) is 10.2 Å². The Morgan fingerprint density at radius 2 is 2.13 bits per heavy atom. The van der Waals surface area contributed by atoms with Gasteiger partial charge in [-0.2, -0.15) is 0 Å². The van der Waals surface area contributed by atoms with Crippen molar-refractivity contribution < 1.29 is 9.53 Å². The minimum absolute atomic E-state index is 0. The Hall–Kier alpha value is -0.910. The Balaban J connectivity index is 0.00000264. The van der Waals surface area contributed by atoms with Crippen LogP contribution in [0.15, 0.2) is 29.2 Å². The van der Waals surface area contributed by atoms with Gasteiger partial charge in [-0.25, -0.2) is 0 Å². The molecule has 0 bridgehead atoms. The molecule has 1 aliphatic heterocycles. The molecule has 0 radical (unpaired) electrons. The first-order valence-electron chi connectivity index (χ1n) is 7.98. The van der Waals surface area contributed by atoms with E-state index in [1.54, 1.807) is 18.9 Å². The standard InChI is InChI=1S/C17H26N2O2S.ClH/c1-3-18-12-14-7-9-19(10-8-14)17(20)13-22-16-6-4-5-15(11-16)21-2;/h4-6,11,14,18H,3,7-10,12-13H2,1-2H3;1H. The van der Waals surface area contributed by atoms with Crippen LogP contribution in [0.1, 0.15) is 19.8 Å². The Morgan fingerprint density at radius 1 is 1.39 bits per heavy atom. The highest BCUT2D eigenvalue weighted by Crippen LogP contribution is 2.24. The normalized spacial score (nSPS) is 15.1. The van der Waals surface area contributed by atoms with Gasteiger partial charge in [0.25, 0.3) is 0 Å². The summed E-state index contributed by atoms with van der Waals surface area (Å²) in [6.07, 6.45) is 2.23. The maximum absolute atomic E-state index is 12.3. The smallest absolute Gasteiger partial charge is 0.232 e. The monoisotopic (exact) mass is 358 g/mol. The SMILES string of the molecule is CCNCC1CCN(C(=O)CSc2cccc(OC)c2)CC1.Cl. The quantitative estimate of drug-likeness (QED) is 0.760. The highest BCUT2D eigenvalue weighted by Gasteiger charge is 2.22. The first-order valence-corrected chi connectivity index (χ1v) is 8.96. The predicted molar refractivity (Wildman–Crippen MR) is 98.8 cm³/mol. The number of nitrogens with one attached hydrogen (secondary N) is 1. The van der Waals surface area contributed by atoms with Crippen molar-refractivity contribution in [3.63, 3.8) is 0 Å².